The molecule has 7 heteroatoms. The van der Waals surface area contributed by atoms with E-state index >= 15 is 0 Å². The number of amides is 2. The second-order valence-electron chi connectivity index (χ2n) is 6.30. The van der Waals surface area contributed by atoms with E-state index in [2.05, 4.69) is 20.8 Å². The summed E-state index contributed by atoms with van der Waals surface area (Å²) in [6, 6.07) is 1.69. The van der Waals surface area contributed by atoms with E-state index in [1.54, 1.807) is 7.11 Å². The molecule has 1 atom stereocenters. The summed E-state index contributed by atoms with van der Waals surface area (Å²) >= 11 is 0. The zero-order valence-corrected chi connectivity index (χ0v) is 15.7. The number of rotatable bonds is 6. The molecule has 2 aromatic rings. The Morgan fingerprint density at radius 2 is 2.00 bits per heavy atom. The van der Waals surface area contributed by atoms with Gasteiger partial charge in [-0.3, -0.25) is 0 Å². The number of hydrogen-bond acceptors (Lipinski definition) is 5. The van der Waals surface area contributed by atoms with E-state index in [1.807, 2.05) is 40.7 Å². The average Bonchev–Trinajstić information content (AvgIpc) is 2.85. The maximum Gasteiger partial charge on any atom is 0.315 e. The minimum atomic E-state index is -0.235. The molecule has 2 rings (SSSR count). The summed E-state index contributed by atoms with van der Waals surface area (Å²) in [7, 11) is 1.58. The smallest absolute Gasteiger partial charge is 0.315 e. The third-order valence-electron chi connectivity index (χ3n) is 4.13. The topological polar surface area (TPSA) is 89.3 Å². The van der Waals surface area contributed by atoms with Crippen LogP contribution in [0.5, 0.6) is 5.88 Å². The van der Waals surface area contributed by atoms with Crippen molar-refractivity contribution in [2.75, 3.05) is 7.11 Å². The quantitative estimate of drug-likeness (QED) is 0.839. The predicted octanol–water partition coefficient (Wildman–Crippen LogP) is 2.74. The second-order valence-corrected chi connectivity index (χ2v) is 6.30. The van der Waals surface area contributed by atoms with Crippen LogP contribution in [0, 0.1) is 27.7 Å². The van der Waals surface area contributed by atoms with Crippen molar-refractivity contribution in [3.8, 4) is 5.88 Å². The summed E-state index contributed by atoms with van der Waals surface area (Å²) < 4.78 is 10.5. The van der Waals surface area contributed by atoms with Crippen LogP contribution in [0.2, 0.25) is 0 Å². The molecule has 0 unspecified atom stereocenters. The summed E-state index contributed by atoms with van der Waals surface area (Å²) in [5.41, 5.74) is 4.69. The highest BCUT2D eigenvalue weighted by molar-refractivity contribution is 5.74. The van der Waals surface area contributed by atoms with Crippen LogP contribution in [-0.2, 0) is 13.0 Å². The molecule has 2 heterocycles. The Labute approximate surface area is 148 Å². The lowest BCUT2D eigenvalue weighted by atomic mass is 10.1. The molecule has 0 spiro atoms. The van der Waals surface area contributed by atoms with Gasteiger partial charge in [0.25, 0.3) is 0 Å². The molecule has 0 aromatic carbocycles. The Morgan fingerprint density at radius 3 is 2.60 bits per heavy atom. The maximum absolute atomic E-state index is 12.2. The number of aromatic nitrogens is 2. The second kappa shape index (κ2) is 8.00. The first-order valence-electron chi connectivity index (χ1n) is 8.29. The third kappa shape index (κ3) is 4.71. The molecule has 0 radical (unpaired) electrons. The van der Waals surface area contributed by atoms with Crippen molar-refractivity contribution in [2.24, 2.45) is 0 Å². The van der Waals surface area contributed by atoms with Gasteiger partial charge in [-0.25, -0.2) is 9.78 Å². The molecule has 0 aliphatic carbocycles. The minimum Gasteiger partial charge on any atom is -0.481 e. The molecule has 2 amide bonds. The summed E-state index contributed by atoms with van der Waals surface area (Å²) in [5, 5.41) is 9.73. The van der Waals surface area contributed by atoms with Crippen LogP contribution >= 0.6 is 0 Å². The van der Waals surface area contributed by atoms with E-state index < -0.39 is 0 Å². The molecule has 0 saturated heterocycles. The Hall–Kier alpha value is -2.57. The van der Waals surface area contributed by atoms with Crippen molar-refractivity contribution in [3.05, 3.63) is 39.9 Å². The Bertz CT molecular complexity index is 736. The summed E-state index contributed by atoms with van der Waals surface area (Å²) in [5.74, 6) is 1.33. The van der Waals surface area contributed by atoms with Crippen LogP contribution in [0.4, 0.5) is 4.79 Å². The number of carbonyl (C=O) groups is 1. The van der Waals surface area contributed by atoms with E-state index in [1.165, 1.54) is 0 Å². The third-order valence-corrected chi connectivity index (χ3v) is 4.13. The lowest BCUT2D eigenvalue weighted by Gasteiger charge is -2.16. The molecule has 0 saturated carbocycles. The van der Waals surface area contributed by atoms with E-state index in [4.69, 9.17) is 9.26 Å². The van der Waals surface area contributed by atoms with Crippen molar-refractivity contribution < 1.29 is 14.1 Å². The van der Waals surface area contributed by atoms with Gasteiger partial charge < -0.3 is 19.9 Å². The molecule has 0 bridgehead atoms. The number of aryl methyl sites for hydroxylation is 4. The molecule has 7 nitrogen and oxygen atoms in total. The zero-order chi connectivity index (χ0) is 18.6. The summed E-state index contributed by atoms with van der Waals surface area (Å²) in [4.78, 5) is 16.5. The standard InChI is InChI=1S/C18H26N4O3/c1-10-7-11(2)20-17(24-6)16(10)9-19-18(23)21-12(3)8-15-13(4)22-25-14(15)5/h7,12H,8-9H2,1-6H3,(H2,19,21,23)/t12-/m1/s1. The number of nitrogens with zero attached hydrogens (tertiary/aromatic N) is 2. The lowest BCUT2D eigenvalue weighted by molar-refractivity contribution is 0.237. The fourth-order valence-electron chi connectivity index (χ4n) is 2.81. The largest absolute Gasteiger partial charge is 0.481 e. The van der Waals surface area contributed by atoms with E-state index in [9.17, 15) is 4.79 Å². The van der Waals surface area contributed by atoms with Gasteiger partial charge in [0.1, 0.15) is 5.76 Å². The predicted molar refractivity (Wildman–Crippen MR) is 94.8 cm³/mol. The summed E-state index contributed by atoms with van der Waals surface area (Å²) in [6.07, 6.45) is 0.670. The molecule has 0 fully saturated rings. The lowest BCUT2D eigenvalue weighted by Crippen LogP contribution is -2.41. The highest BCUT2D eigenvalue weighted by Gasteiger charge is 2.15. The molecular formula is C18H26N4O3. The maximum atomic E-state index is 12.2. The van der Waals surface area contributed by atoms with Gasteiger partial charge in [0.15, 0.2) is 0 Å². The molecule has 136 valence electrons. The number of pyridine rings is 1. The van der Waals surface area contributed by atoms with Gasteiger partial charge >= 0.3 is 6.03 Å². The molecule has 25 heavy (non-hydrogen) atoms. The van der Waals surface area contributed by atoms with Crippen molar-refractivity contribution >= 4 is 6.03 Å². The molecule has 2 N–H and O–H groups in total. The van der Waals surface area contributed by atoms with Crippen molar-refractivity contribution in [1.29, 1.82) is 0 Å². The molecule has 2 aromatic heterocycles. The van der Waals surface area contributed by atoms with Crippen LogP contribution in [0.15, 0.2) is 10.6 Å². The van der Waals surface area contributed by atoms with Crippen LogP contribution in [0.25, 0.3) is 0 Å². The number of urea groups is 1. The van der Waals surface area contributed by atoms with Gasteiger partial charge in [-0.2, -0.15) is 0 Å². The van der Waals surface area contributed by atoms with Gasteiger partial charge in [0, 0.05) is 22.9 Å². The average molecular weight is 346 g/mol. The van der Waals surface area contributed by atoms with Crippen LogP contribution in [0.3, 0.4) is 0 Å². The van der Waals surface area contributed by atoms with Gasteiger partial charge in [-0.05, 0) is 52.7 Å². The van der Waals surface area contributed by atoms with E-state index in [0.717, 1.165) is 33.8 Å². The van der Waals surface area contributed by atoms with E-state index in [0.29, 0.717) is 18.8 Å². The number of carbonyl (C=O) groups excluding carboxylic acids is 1. The number of hydrogen-bond donors (Lipinski definition) is 2. The monoisotopic (exact) mass is 346 g/mol. The fraction of sp³-hybridized carbons (Fsp3) is 0.500. The SMILES string of the molecule is COc1nc(C)cc(C)c1CNC(=O)N[C@H](C)Cc1c(C)noc1C. The van der Waals surface area contributed by atoms with Crippen LogP contribution in [0.1, 0.15) is 40.8 Å². The minimum absolute atomic E-state index is 0.0454. The van der Waals surface area contributed by atoms with Gasteiger partial charge in [-0.15, -0.1) is 0 Å². The number of methoxy groups -OCH3 is 1. The Balaban J connectivity index is 1.93. The normalized spacial score (nSPS) is 11.9. The van der Waals surface area contributed by atoms with Gasteiger partial charge in [0.05, 0.1) is 19.3 Å². The molecular weight excluding hydrogens is 320 g/mol. The van der Waals surface area contributed by atoms with Crippen LogP contribution < -0.4 is 15.4 Å². The van der Waals surface area contributed by atoms with Crippen molar-refractivity contribution in [1.82, 2.24) is 20.8 Å². The zero-order valence-electron chi connectivity index (χ0n) is 15.7. The fourth-order valence-corrected chi connectivity index (χ4v) is 2.81. The van der Waals surface area contributed by atoms with E-state index in [-0.39, 0.29) is 12.1 Å². The number of ether oxygens (including phenoxy) is 1. The summed E-state index contributed by atoms with van der Waals surface area (Å²) in [6.45, 7) is 9.97. The van der Waals surface area contributed by atoms with Crippen LogP contribution in [-0.4, -0.2) is 29.3 Å². The Kier molecular flexibility index (Phi) is 6.01. The highest BCUT2D eigenvalue weighted by atomic mass is 16.5. The van der Waals surface area contributed by atoms with Gasteiger partial charge in [0.2, 0.25) is 5.88 Å². The van der Waals surface area contributed by atoms with Crippen molar-refractivity contribution in [3.63, 3.8) is 0 Å². The highest BCUT2D eigenvalue weighted by Crippen LogP contribution is 2.20. The first kappa shape index (κ1) is 18.8. The molecule has 0 aliphatic rings. The van der Waals surface area contributed by atoms with Crippen molar-refractivity contribution in [2.45, 2.75) is 53.6 Å². The Morgan fingerprint density at radius 1 is 1.28 bits per heavy atom. The number of nitrogens with one attached hydrogen (secondary N) is 2. The first-order valence-corrected chi connectivity index (χ1v) is 8.29. The molecule has 0 aliphatic heterocycles. The van der Waals surface area contributed by atoms with Gasteiger partial charge in [-0.1, -0.05) is 5.16 Å². The first-order chi connectivity index (χ1) is 11.8.